The highest BCUT2D eigenvalue weighted by atomic mass is 16.6. The maximum Gasteiger partial charge on any atom is 0.307 e. The molecule has 0 unspecified atom stereocenters. The molecule has 29 heavy (non-hydrogen) atoms. The van der Waals surface area contributed by atoms with Gasteiger partial charge in [-0.15, -0.1) is 0 Å². The number of aryl methyl sites for hydroxylation is 1. The summed E-state index contributed by atoms with van der Waals surface area (Å²) in [5, 5.41) is 1.14. The summed E-state index contributed by atoms with van der Waals surface area (Å²) in [4.78, 5) is 14.3. The molecule has 1 aromatic heterocycles. The average molecular weight is 392 g/mol. The van der Waals surface area contributed by atoms with Crippen molar-refractivity contribution in [3.05, 3.63) is 59.2 Å². The van der Waals surface area contributed by atoms with Crippen LogP contribution in [0, 0.1) is 6.92 Å². The third-order valence-electron chi connectivity index (χ3n) is 5.31. The molecule has 0 aliphatic carbocycles. The molecule has 0 atom stereocenters. The molecule has 3 aromatic rings. The number of benzene rings is 2. The molecular weight excluding hydrogens is 362 g/mol. The maximum atomic E-state index is 12.0. The molecule has 2 heterocycles. The van der Waals surface area contributed by atoms with Crippen molar-refractivity contribution in [1.29, 1.82) is 0 Å². The summed E-state index contributed by atoms with van der Waals surface area (Å²) in [6, 6.07) is 15.0. The number of fused-ring (bicyclic) bond motifs is 2. The molecule has 0 spiro atoms. The Labute approximate surface area is 172 Å². The number of carbonyl (C=O) groups is 1. The van der Waals surface area contributed by atoms with Gasteiger partial charge < -0.3 is 9.15 Å². The Morgan fingerprint density at radius 1 is 1.10 bits per heavy atom. The van der Waals surface area contributed by atoms with Gasteiger partial charge in [-0.25, -0.2) is 0 Å². The van der Waals surface area contributed by atoms with Gasteiger partial charge in [0.1, 0.15) is 16.9 Å². The standard InChI is InChI=1S/C25H29NO3/c1-17-5-8-22-21(13-17)15-23(28-22)19-6-7-20-16-26(11-9-18(20)14-19)12-10-24(27)29-25(2,3)4/h5-8,13-15H,9-12,16H2,1-4H3. The van der Waals surface area contributed by atoms with E-state index < -0.39 is 5.60 Å². The van der Waals surface area contributed by atoms with Gasteiger partial charge in [-0.1, -0.05) is 23.8 Å². The van der Waals surface area contributed by atoms with Crippen molar-refractivity contribution in [3.63, 3.8) is 0 Å². The van der Waals surface area contributed by atoms with Gasteiger partial charge in [0.2, 0.25) is 0 Å². The highest BCUT2D eigenvalue weighted by molar-refractivity contribution is 5.83. The van der Waals surface area contributed by atoms with Crippen LogP contribution in [0.4, 0.5) is 0 Å². The first-order valence-corrected chi connectivity index (χ1v) is 10.3. The van der Waals surface area contributed by atoms with Crippen molar-refractivity contribution in [3.8, 4) is 11.3 Å². The fourth-order valence-corrected chi connectivity index (χ4v) is 3.90. The second-order valence-corrected chi connectivity index (χ2v) is 9.00. The summed E-state index contributed by atoms with van der Waals surface area (Å²) >= 11 is 0. The predicted octanol–water partition coefficient (Wildman–Crippen LogP) is 5.50. The van der Waals surface area contributed by atoms with Crippen molar-refractivity contribution < 1.29 is 13.9 Å². The van der Waals surface area contributed by atoms with E-state index in [9.17, 15) is 4.79 Å². The van der Waals surface area contributed by atoms with Gasteiger partial charge >= 0.3 is 5.97 Å². The van der Waals surface area contributed by atoms with Crippen molar-refractivity contribution in [2.45, 2.75) is 52.7 Å². The lowest BCUT2D eigenvalue weighted by Gasteiger charge is -2.29. The van der Waals surface area contributed by atoms with Crippen LogP contribution in [0.15, 0.2) is 46.9 Å². The summed E-state index contributed by atoms with van der Waals surface area (Å²) in [7, 11) is 0. The van der Waals surface area contributed by atoms with E-state index in [1.807, 2.05) is 26.8 Å². The minimum absolute atomic E-state index is 0.126. The van der Waals surface area contributed by atoms with E-state index in [4.69, 9.17) is 9.15 Å². The number of esters is 1. The number of nitrogens with zero attached hydrogens (tertiary/aromatic N) is 1. The monoisotopic (exact) mass is 391 g/mol. The Bertz CT molecular complexity index is 1040. The van der Waals surface area contributed by atoms with Crippen LogP contribution < -0.4 is 0 Å². The zero-order valence-electron chi connectivity index (χ0n) is 17.7. The third kappa shape index (κ3) is 4.70. The zero-order valence-corrected chi connectivity index (χ0v) is 17.7. The molecule has 1 aliphatic rings. The Balaban J connectivity index is 1.43. The summed E-state index contributed by atoms with van der Waals surface area (Å²) in [5.41, 5.74) is 5.57. The average Bonchev–Trinajstić information content (AvgIpc) is 3.07. The van der Waals surface area contributed by atoms with E-state index in [-0.39, 0.29) is 5.97 Å². The van der Waals surface area contributed by atoms with E-state index in [0.717, 1.165) is 48.3 Å². The van der Waals surface area contributed by atoms with Gasteiger partial charge in [0.15, 0.2) is 0 Å². The normalized spacial score (nSPS) is 14.8. The van der Waals surface area contributed by atoms with E-state index >= 15 is 0 Å². The zero-order chi connectivity index (χ0) is 20.6. The fourth-order valence-electron chi connectivity index (χ4n) is 3.90. The van der Waals surface area contributed by atoms with Crippen LogP contribution in [0.3, 0.4) is 0 Å². The second kappa shape index (κ2) is 7.68. The lowest BCUT2D eigenvalue weighted by Crippen LogP contribution is -2.33. The lowest BCUT2D eigenvalue weighted by molar-refractivity contribution is -0.155. The molecule has 0 bridgehead atoms. The van der Waals surface area contributed by atoms with E-state index in [0.29, 0.717) is 6.42 Å². The molecule has 0 saturated heterocycles. The van der Waals surface area contributed by atoms with Crippen LogP contribution >= 0.6 is 0 Å². The van der Waals surface area contributed by atoms with E-state index in [1.165, 1.54) is 16.7 Å². The molecule has 0 fully saturated rings. The number of hydrogen-bond donors (Lipinski definition) is 0. The molecule has 1 aliphatic heterocycles. The molecule has 0 saturated carbocycles. The molecule has 4 rings (SSSR count). The minimum Gasteiger partial charge on any atom is -0.460 e. The summed E-state index contributed by atoms with van der Waals surface area (Å²) in [6.07, 6.45) is 1.42. The van der Waals surface area contributed by atoms with Crippen LogP contribution in [0.5, 0.6) is 0 Å². The Morgan fingerprint density at radius 2 is 1.93 bits per heavy atom. The van der Waals surface area contributed by atoms with Gasteiger partial charge in [-0.2, -0.15) is 0 Å². The maximum absolute atomic E-state index is 12.0. The predicted molar refractivity (Wildman–Crippen MR) is 116 cm³/mol. The molecule has 4 nitrogen and oxygen atoms in total. The number of hydrogen-bond acceptors (Lipinski definition) is 4. The van der Waals surface area contributed by atoms with Gasteiger partial charge in [-0.3, -0.25) is 9.69 Å². The van der Waals surface area contributed by atoms with Crippen LogP contribution in [-0.4, -0.2) is 29.6 Å². The minimum atomic E-state index is -0.419. The first kappa shape index (κ1) is 19.7. The Hall–Kier alpha value is -2.59. The highest BCUT2D eigenvalue weighted by Crippen LogP contribution is 2.31. The molecule has 0 radical (unpaired) electrons. The number of furan rings is 1. The van der Waals surface area contributed by atoms with Crippen molar-refractivity contribution >= 4 is 16.9 Å². The Kier molecular flexibility index (Phi) is 5.22. The van der Waals surface area contributed by atoms with E-state index in [2.05, 4.69) is 48.2 Å². The Morgan fingerprint density at radius 3 is 2.72 bits per heavy atom. The topological polar surface area (TPSA) is 42.7 Å². The third-order valence-corrected chi connectivity index (χ3v) is 5.31. The fraction of sp³-hybridized carbons (Fsp3) is 0.400. The van der Waals surface area contributed by atoms with Crippen LogP contribution in [0.25, 0.3) is 22.3 Å². The first-order valence-electron chi connectivity index (χ1n) is 10.3. The van der Waals surface area contributed by atoms with Gasteiger partial charge in [0.05, 0.1) is 6.42 Å². The molecule has 152 valence electrons. The molecule has 0 N–H and O–H groups in total. The van der Waals surface area contributed by atoms with Crippen molar-refractivity contribution in [1.82, 2.24) is 4.90 Å². The number of ether oxygens (including phenoxy) is 1. The molecule has 2 aromatic carbocycles. The number of rotatable bonds is 4. The quantitative estimate of drug-likeness (QED) is 0.551. The smallest absolute Gasteiger partial charge is 0.307 e. The van der Waals surface area contributed by atoms with Gasteiger partial charge in [0.25, 0.3) is 0 Å². The summed E-state index contributed by atoms with van der Waals surface area (Å²) in [6.45, 7) is 10.4. The number of carbonyl (C=O) groups excluding carboxylic acids is 1. The molecule has 0 amide bonds. The largest absolute Gasteiger partial charge is 0.460 e. The SMILES string of the molecule is Cc1ccc2oc(-c3ccc4c(c3)CCN(CCC(=O)OC(C)(C)C)C4)cc2c1. The highest BCUT2D eigenvalue weighted by Gasteiger charge is 2.20. The van der Waals surface area contributed by atoms with Crippen molar-refractivity contribution in [2.24, 2.45) is 0 Å². The summed E-state index contributed by atoms with van der Waals surface area (Å²) < 4.78 is 11.5. The first-order chi connectivity index (χ1) is 13.8. The van der Waals surface area contributed by atoms with E-state index in [1.54, 1.807) is 0 Å². The molecule has 4 heteroatoms. The second-order valence-electron chi connectivity index (χ2n) is 9.00. The van der Waals surface area contributed by atoms with Crippen LogP contribution in [-0.2, 0) is 22.5 Å². The van der Waals surface area contributed by atoms with Gasteiger partial charge in [-0.05, 0) is 69.5 Å². The lowest BCUT2D eigenvalue weighted by atomic mass is 9.96. The summed E-state index contributed by atoms with van der Waals surface area (Å²) in [5.74, 6) is 0.791. The molecular formula is C25H29NO3. The van der Waals surface area contributed by atoms with Gasteiger partial charge in [0, 0.05) is 30.6 Å². The van der Waals surface area contributed by atoms with Crippen LogP contribution in [0.2, 0.25) is 0 Å². The van der Waals surface area contributed by atoms with Crippen molar-refractivity contribution in [2.75, 3.05) is 13.1 Å². The van der Waals surface area contributed by atoms with Crippen LogP contribution in [0.1, 0.15) is 43.9 Å².